The summed E-state index contributed by atoms with van der Waals surface area (Å²) in [5.41, 5.74) is 1.46. The lowest BCUT2D eigenvalue weighted by Crippen LogP contribution is -2.31. The fraction of sp³-hybridized carbons (Fsp3) is 0.533. The molecule has 0 aliphatic heterocycles. The van der Waals surface area contributed by atoms with Crippen LogP contribution in [0.15, 0.2) is 30.3 Å². The summed E-state index contributed by atoms with van der Waals surface area (Å²) >= 11 is 0. The van der Waals surface area contributed by atoms with Gasteiger partial charge in [0.2, 0.25) is 0 Å². The Morgan fingerprint density at radius 1 is 1.28 bits per heavy atom. The van der Waals surface area contributed by atoms with Gasteiger partial charge in [-0.1, -0.05) is 30.3 Å². The maximum absolute atomic E-state index is 11.6. The molecule has 0 radical (unpaired) electrons. The van der Waals surface area contributed by atoms with Crippen LogP contribution in [0, 0.1) is 11.3 Å². The molecular weight excluding hydrogens is 226 g/mol. The van der Waals surface area contributed by atoms with E-state index in [9.17, 15) is 4.79 Å². The highest BCUT2D eigenvalue weighted by Gasteiger charge is 2.53. The summed E-state index contributed by atoms with van der Waals surface area (Å²) in [5.74, 6) is 0.868. The first-order chi connectivity index (χ1) is 8.78. The van der Waals surface area contributed by atoms with Gasteiger partial charge >= 0.3 is 6.09 Å². The second-order valence-electron chi connectivity index (χ2n) is 5.55. The van der Waals surface area contributed by atoms with Gasteiger partial charge in [-0.3, -0.25) is 0 Å². The van der Waals surface area contributed by atoms with Crippen molar-refractivity contribution < 1.29 is 9.53 Å². The van der Waals surface area contributed by atoms with Crippen LogP contribution in [0.1, 0.15) is 31.2 Å². The summed E-state index contributed by atoms with van der Waals surface area (Å²) in [6, 6.07) is 9.77. The number of alkyl carbamates (subject to hydrolysis) is 1. The van der Waals surface area contributed by atoms with Crippen molar-refractivity contribution in [3.05, 3.63) is 35.9 Å². The fourth-order valence-electron chi connectivity index (χ4n) is 2.61. The zero-order chi connectivity index (χ0) is 12.4. The van der Waals surface area contributed by atoms with Gasteiger partial charge in [0.1, 0.15) is 6.61 Å². The number of hydrogen-bond donors (Lipinski definition) is 1. The molecule has 1 aromatic rings. The molecule has 2 aliphatic rings. The molecular formula is C15H19NO2. The average molecular weight is 245 g/mol. The Hall–Kier alpha value is -1.51. The third-order valence-electron chi connectivity index (χ3n) is 4.13. The summed E-state index contributed by atoms with van der Waals surface area (Å²) in [4.78, 5) is 11.6. The Bertz CT molecular complexity index is 421. The van der Waals surface area contributed by atoms with E-state index in [1.165, 1.54) is 25.7 Å². The van der Waals surface area contributed by atoms with Gasteiger partial charge in [-0.15, -0.1) is 0 Å². The van der Waals surface area contributed by atoms with E-state index in [2.05, 4.69) is 5.32 Å². The minimum atomic E-state index is -0.286. The monoisotopic (exact) mass is 245 g/mol. The SMILES string of the molecule is O=C(NCC1(C2CC2)CC1)OCc1ccccc1. The molecule has 18 heavy (non-hydrogen) atoms. The molecule has 0 unspecified atom stereocenters. The number of amides is 1. The van der Waals surface area contributed by atoms with E-state index in [0.29, 0.717) is 12.0 Å². The first-order valence-corrected chi connectivity index (χ1v) is 6.73. The molecule has 3 heteroatoms. The minimum Gasteiger partial charge on any atom is -0.445 e. The maximum atomic E-state index is 11.6. The molecule has 2 aliphatic carbocycles. The van der Waals surface area contributed by atoms with Gasteiger partial charge in [0.15, 0.2) is 0 Å². The third kappa shape index (κ3) is 2.66. The smallest absolute Gasteiger partial charge is 0.407 e. The quantitative estimate of drug-likeness (QED) is 0.865. The predicted octanol–water partition coefficient (Wildman–Crippen LogP) is 3.10. The van der Waals surface area contributed by atoms with E-state index in [-0.39, 0.29) is 6.09 Å². The van der Waals surface area contributed by atoms with E-state index in [0.717, 1.165) is 18.0 Å². The Kier molecular flexibility index (Phi) is 2.98. The number of ether oxygens (including phenoxy) is 1. The molecule has 0 spiro atoms. The van der Waals surface area contributed by atoms with E-state index < -0.39 is 0 Å². The van der Waals surface area contributed by atoms with E-state index >= 15 is 0 Å². The topological polar surface area (TPSA) is 38.3 Å². The number of carbonyl (C=O) groups is 1. The van der Waals surface area contributed by atoms with Crippen LogP contribution in [0.25, 0.3) is 0 Å². The van der Waals surface area contributed by atoms with Gasteiger partial charge in [-0.25, -0.2) is 4.79 Å². The normalized spacial score (nSPS) is 20.2. The summed E-state index contributed by atoms with van der Waals surface area (Å²) < 4.78 is 5.20. The van der Waals surface area contributed by atoms with Gasteiger partial charge in [0, 0.05) is 6.54 Å². The summed E-state index contributed by atoms with van der Waals surface area (Å²) in [6.45, 7) is 1.15. The molecule has 3 nitrogen and oxygen atoms in total. The highest BCUT2D eigenvalue weighted by atomic mass is 16.5. The lowest BCUT2D eigenvalue weighted by Gasteiger charge is -2.14. The van der Waals surface area contributed by atoms with Gasteiger partial charge in [-0.05, 0) is 42.6 Å². The van der Waals surface area contributed by atoms with Crippen molar-refractivity contribution in [1.29, 1.82) is 0 Å². The van der Waals surface area contributed by atoms with Crippen LogP contribution in [0.2, 0.25) is 0 Å². The number of hydrogen-bond acceptors (Lipinski definition) is 2. The maximum Gasteiger partial charge on any atom is 0.407 e. The first kappa shape index (κ1) is 11.6. The first-order valence-electron chi connectivity index (χ1n) is 6.73. The van der Waals surface area contributed by atoms with Crippen LogP contribution in [0.4, 0.5) is 4.79 Å². The molecule has 96 valence electrons. The van der Waals surface area contributed by atoms with E-state index in [1.807, 2.05) is 30.3 Å². The van der Waals surface area contributed by atoms with Crippen molar-refractivity contribution in [2.24, 2.45) is 11.3 Å². The molecule has 0 aromatic heterocycles. The largest absolute Gasteiger partial charge is 0.445 e. The Labute approximate surface area is 108 Å². The molecule has 0 heterocycles. The van der Waals surface area contributed by atoms with Crippen molar-refractivity contribution in [1.82, 2.24) is 5.32 Å². The molecule has 2 saturated carbocycles. The fourth-order valence-corrected chi connectivity index (χ4v) is 2.61. The molecule has 1 aromatic carbocycles. The number of benzene rings is 1. The molecule has 1 N–H and O–H groups in total. The lowest BCUT2D eigenvalue weighted by atomic mass is 10.0. The summed E-state index contributed by atoms with van der Waals surface area (Å²) in [5, 5.41) is 2.92. The van der Waals surface area contributed by atoms with Crippen molar-refractivity contribution in [2.45, 2.75) is 32.3 Å². The molecule has 2 fully saturated rings. The Morgan fingerprint density at radius 3 is 2.61 bits per heavy atom. The molecule has 0 bridgehead atoms. The molecule has 3 rings (SSSR count). The van der Waals surface area contributed by atoms with Crippen LogP contribution in [0.5, 0.6) is 0 Å². The van der Waals surface area contributed by atoms with Crippen LogP contribution >= 0.6 is 0 Å². The zero-order valence-corrected chi connectivity index (χ0v) is 10.5. The van der Waals surface area contributed by atoms with Crippen molar-refractivity contribution in [3.63, 3.8) is 0 Å². The third-order valence-corrected chi connectivity index (χ3v) is 4.13. The van der Waals surface area contributed by atoms with Gasteiger partial charge in [0.25, 0.3) is 0 Å². The van der Waals surface area contributed by atoms with E-state index in [4.69, 9.17) is 4.74 Å². The van der Waals surface area contributed by atoms with Gasteiger partial charge in [-0.2, -0.15) is 0 Å². The molecule has 0 atom stereocenters. The van der Waals surface area contributed by atoms with Crippen LogP contribution in [-0.4, -0.2) is 12.6 Å². The zero-order valence-electron chi connectivity index (χ0n) is 10.5. The number of rotatable bonds is 5. The van der Waals surface area contributed by atoms with Crippen molar-refractivity contribution >= 4 is 6.09 Å². The van der Waals surface area contributed by atoms with Gasteiger partial charge in [0.05, 0.1) is 0 Å². The number of nitrogens with one attached hydrogen (secondary N) is 1. The van der Waals surface area contributed by atoms with Crippen LogP contribution in [0.3, 0.4) is 0 Å². The second-order valence-corrected chi connectivity index (χ2v) is 5.55. The van der Waals surface area contributed by atoms with Gasteiger partial charge < -0.3 is 10.1 Å². The second kappa shape index (κ2) is 4.63. The number of carbonyl (C=O) groups excluding carboxylic acids is 1. The molecule has 1 amide bonds. The average Bonchev–Trinajstić information content (AvgIpc) is 3.28. The highest BCUT2D eigenvalue weighted by molar-refractivity contribution is 5.67. The highest BCUT2D eigenvalue weighted by Crippen LogP contribution is 2.60. The minimum absolute atomic E-state index is 0.286. The lowest BCUT2D eigenvalue weighted by molar-refractivity contribution is 0.136. The Morgan fingerprint density at radius 2 is 2.00 bits per heavy atom. The van der Waals surface area contributed by atoms with Crippen molar-refractivity contribution in [2.75, 3.05) is 6.54 Å². The summed E-state index contributed by atoms with van der Waals surface area (Å²) in [7, 11) is 0. The Balaban J connectivity index is 1.40. The predicted molar refractivity (Wildman–Crippen MR) is 69.0 cm³/mol. The van der Waals surface area contributed by atoms with E-state index in [1.54, 1.807) is 0 Å². The standard InChI is InChI=1S/C15H19NO2/c17-14(18-10-12-4-2-1-3-5-12)16-11-15(8-9-15)13-6-7-13/h1-5,13H,6-11H2,(H,16,17). The van der Waals surface area contributed by atoms with Crippen LogP contribution < -0.4 is 5.32 Å². The molecule has 0 saturated heterocycles. The summed E-state index contributed by atoms with van der Waals surface area (Å²) in [6.07, 6.45) is 4.96. The van der Waals surface area contributed by atoms with Crippen LogP contribution in [-0.2, 0) is 11.3 Å². The van der Waals surface area contributed by atoms with Crippen molar-refractivity contribution in [3.8, 4) is 0 Å².